The molecule has 1 aliphatic rings. The Labute approximate surface area is 210 Å². The van der Waals surface area contributed by atoms with Crippen LogP contribution in [0.15, 0.2) is 59.0 Å². The normalized spacial score (nSPS) is 16.7. The summed E-state index contributed by atoms with van der Waals surface area (Å²) in [5.74, 6) is -1.05. The minimum absolute atomic E-state index is 0.0653. The summed E-state index contributed by atoms with van der Waals surface area (Å²) in [6.45, 7) is 6.02. The van der Waals surface area contributed by atoms with Gasteiger partial charge in [-0.3, -0.25) is 19.7 Å². The van der Waals surface area contributed by atoms with E-state index in [9.17, 15) is 14.4 Å². The zero-order valence-corrected chi connectivity index (χ0v) is 20.7. The second kappa shape index (κ2) is 11.3. The van der Waals surface area contributed by atoms with E-state index in [4.69, 9.17) is 4.42 Å². The van der Waals surface area contributed by atoms with E-state index in [2.05, 4.69) is 20.8 Å². The van der Waals surface area contributed by atoms with Crippen molar-refractivity contribution in [1.29, 1.82) is 0 Å². The van der Waals surface area contributed by atoms with Crippen LogP contribution in [0.5, 0.6) is 0 Å². The van der Waals surface area contributed by atoms with Gasteiger partial charge in [-0.2, -0.15) is 0 Å². The Morgan fingerprint density at radius 3 is 2.64 bits per heavy atom. The first-order chi connectivity index (χ1) is 17.3. The van der Waals surface area contributed by atoms with Gasteiger partial charge >= 0.3 is 0 Å². The van der Waals surface area contributed by atoms with Crippen molar-refractivity contribution in [3.8, 4) is 0 Å². The maximum Gasteiger partial charge on any atom is 0.286 e. The summed E-state index contributed by atoms with van der Waals surface area (Å²) < 4.78 is 5.64. The predicted molar refractivity (Wildman–Crippen MR) is 133 cm³/mol. The van der Waals surface area contributed by atoms with Crippen LogP contribution < -0.4 is 10.6 Å². The molecule has 1 fully saturated rings. The van der Waals surface area contributed by atoms with Crippen molar-refractivity contribution in [2.75, 3.05) is 19.6 Å². The van der Waals surface area contributed by atoms with E-state index in [1.807, 2.05) is 75.4 Å². The molecule has 1 aromatic heterocycles. The quantitative estimate of drug-likeness (QED) is 0.444. The van der Waals surface area contributed by atoms with Gasteiger partial charge in [-0.05, 0) is 24.0 Å². The molecule has 0 bridgehead atoms. The molecule has 9 nitrogen and oxygen atoms in total. The summed E-state index contributed by atoms with van der Waals surface area (Å²) in [6.07, 6.45) is 0.411. The van der Waals surface area contributed by atoms with Gasteiger partial charge in [-0.1, -0.05) is 74.0 Å². The highest BCUT2D eigenvalue weighted by Crippen LogP contribution is 2.18. The summed E-state index contributed by atoms with van der Waals surface area (Å²) in [6, 6.07) is 16.8. The van der Waals surface area contributed by atoms with E-state index in [1.165, 1.54) is 4.90 Å². The number of nitrogens with zero attached hydrogens (tertiary/aromatic N) is 3. The topological polar surface area (TPSA) is 117 Å². The molecule has 2 atom stereocenters. The number of aryl methyl sites for hydroxylation is 1. The van der Waals surface area contributed by atoms with Crippen LogP contribution in [-0.4, -0.2) is 58.4 Å². The van der Waals surface area contributed by atoms with E-state index < -0.39 is 17.7 Å². The minimum Gasteiger partial charge on any atom is -0.418 e. The lowest BCUT2D eigenvalue weighted by atomic mass is 9.99. The van der Waals surface area contributed by atoms with Crippen LogP contribution in [0.1, 0.15) is 53.2 Å². The van der Waals surface area contributed by atoms with Gasteiger partial charge < -0.3 is 14.6 Å². The standard InChI is InChI=1S/C27H31N5O4/c1-17(2)25(26(35)27-31-30-23(36-27)13-19-9-7-8-18(3)12-19)29-22(33)16-32-15-21(28-14-24(32)34)20-10-5-4-6-11-20/h4-12,17,21,25,28H,13-16H2,1-3H3,(H,29,33)/t21-,25+/m0/s1. The lowest BCUT2D eigenvalue weighted by molar-refractivity contribution is -0.138. The molecule has 4 rings (SSSR count). The first kappa shape index (κ1) is 25.2. The molecule has 2 aromatic carbocycles. The smallest absolute Gasteiger partial charge is 0.286 e. The molecule has 0 aliphatic carbocycles. The minimum atomic E-state index is -0.854. The number of carbonyl (C=O) groups is 3. The first-order valence-electron chi connectivity index (χ1n) is 12.1. The molecule has 0 spiro atoms. The van der Waals surface area contributed by atoms with Crippen molar-refractivity contribution in [3.05, 3.63) is 83.1 Å². The van der Waals surface area contributed by atoms with Gasteiger partial charge in [-0.15, -0.1) is 10.2 Å². The molecule has 1 aliphatic heterocycles. The molecular weight excluding hydrogens is 458 g/mol. The largest absolute Gasteiger partial charge is 0.418 e. The van der Waals surface area contributed by atoms with Crippen LogP contribution in [0.3, 0.4) is 0 Å². The van der Waals surface area contributed by atoms with Gasteiger partial charge in [0.15, 0.2) is 0 Å². The molecule has 0 saturated carbocycles. The molecule has 36 heavy (non-hydrogen) atoms. The van der Waals surface area contributed by atoms with Crippen LogP contribution in [0.2, 0.25) is 0 Å². The Kier molecular flexibility index (Phi) is 7.90. The number of nitrogens with one attached hydrogen (secondary N) is 2. The third-order valence-corrected chi connectivity index (χ3v) is 6.17. The van der Waals surface area contributed by atoms with Crippen molar-refractivity contribution in [1.82, 2.24) is 25.7 Å². The molecule has 0 radical (unpaired) electrons. The van der Waals surface area contributed by atoms with Crippen LogP contribution in [0.25, 0.3) is 0 Å². The number of piperazine rings is 1. The van der Waals surface area contributed by atoms with E-state index >= 15 is 0 Å². The molecule has 2 heterocycles. The summed E-state index contributed by atoms with van der Waals surface area (Å²) >= 11 is 0. The number of hydrogen-bond donors (Lipinski definition) is 2. The second-order valence-corrected chi connectivity index (χ2v) is 9.44. The molecular formula is C27H31N5O4. The molecule has 9 heteroatoms. The molecule has 1 saturated heterocycles. The highest BCUT2D eigenvalue weighted by molar-refractivity contribution is 5.99. The van der Waals surface area contributed by atoms with Gasteiger partial charge in [0.1, 0.15) is 0 Å². The van der Waals surface area contributed by atoms with Crippen molar-refractivity contribution in [3.63, 3.8) is 0 Å². The number of Topliss-reactive ketones (excluding diaryl/α,β-unsaturated/α-hetero) is 1. The van der Waals surface area contributed by atoms with Gasteiger partial charge in [0, 0.05) is 6.54 Å². The summed E-state index contributed by atoms with van der Waals surface area (Å²) in [5, 5.41) is 13.9. The molecule has 3 aromatic rings. The number of aromatic nitrogens is 2. The van der Waals surface area contributed by atoms with Crippen LogP contribution in [-0.2, 0) is 16.0 Å². The van der Waals surface area contributed by atoms with Crippen molar-refractivity contribution >= 4 is 17.6 Å². The monoisotopic (exact) mass is 489 g/mol. The van der Waals surface area contributed by atoms with Crippen molar-refractivity contribution in [2.45, 2.75) is 39.3 Å². The SMILES string of the molecule is Cc1cccc(Cc2nnc(C(=O)[C@H](NC(=O)CN3C[C@@H](c4ccccc4)NCC3=O)C(C)C)o2)c1. The number of ketones is 1. The van der Waals surface area contributed by atoms with E-state index in [0.29, 0.717) is 18.9 Å². The van der Waals surface area contributed by atoms with E-state index in [1.54, 1.807) is 0 Å². The lowest BCUT2D eigenvalue weighted by Gasteiger charge is -2.33. The average molecular weight is 490 g/mol. The lowest BCUT2D eigenvalue weighted by Crippen LogP contribution is -2.54. The van der Waals surface area contributed by atoms with Gasteiger partial charge in [0.2, 0.25) is 23.5 Å². The molecule has 0 unspecified atom stereocenters. The fourth-order valence-corrected chi connectivity index (χ4v) is 4.25. The van der Waals surface area contributed by atoms with Crippen LogP contribution >= 0.6 is 0 Å². The first-order valence-corrected chi connectivity index (χ1v) is 12.1. The van der Waals surface area contributed by atoms with Gasteiger partial charge in [0.05, 0.1) is 31.6 Å². The Morgan fingerprint density at radius 1 is 1.14 bits per heavy atom. The van der Waals surface area contributed by atoms with E-state index in [0.717, 1.165) is 16.7 Å². The number of benzene rings is 2. The van der Waals surface area contributed by atoms with Crippen LogP contribution in [0.4, 0.5) is 0 Å². The number of hydrogen-bond acceptors (Lipinski definition) is 7. The average Bonchev–Trinajstić information content (AvgIpc) is 3.32. The molecule has 2 amide bonds. The van der Waals surface area contributed by atoms with Gasteiger partial charge in [0.25, 0.3) is 5.89 Å². The number of amides is 2. The zero-order valence-electron chi connectivity index (χ0n) is 20.7. The predicted octanol–water partition coefficient (Wildman–Crippen LogP) is 2.47. The van der Waals surface area contributed by atoms with Crippen molar-refractivity contribution in [2.24, 2.45) is 5.92 Å². The Bertz CT molecular complexity index is 1220. The highest BCUT2D eigenvalue weighted by atomic mass is 16.4. The molecule has 188 valence electrons. The highest BCUT2D eigenvalue weighted by Gasteiger charge is 2.32. The Balaban J connectivity index is 1.38. The fraction of sp³-hybridized carbons (Fsp3) is 0.370. The molecule has 2 N–H and O–H groups in total. The number of carbonyl (C=O) groups excluding carboxylic acids is 3. The Morgan fingerprint density at radius 2 is 1.92 bits per heavy atom. The summed E-state index contributed by atoms with van der Waals surface area (Å²) in [7, 11) is 0. The fourth-order valence-electron chi connectivity index (χ4n) is 4.25. The summed E-state index contributed by atoms with van der Waals surface area (Å²) in [4.78, 5) is 40.0. The summed E-state index contributed by atoms with van der Waals surface area (Å²) in [5.41, 5.74) is 3.16. The maximum absolute atomic E-state index is 13.1. The van der Waals surface area contributed by atoms with Crippen molar-refractivity contribution < 1.29 is 18.8 Å². The third kappa shape index (κ3) is 6.23. The third-order valence-electron chi connectivity index (χ3n) is 6.17. The second-order valence-electron chi connectivity index (χ2n) is 9.44. The zero-order chi connectivity index (χ0) is 25.7. The van der Waals surface area contributed by atoms with Gasteiger partial charge in [-0.25, -0.2) is 0 Å². The van der Waals surface area contributed by atoms with Crippen LogP contribution in [0, 0.1) is 12.8 Å². The number of rotatable bonds is 9. The maximum atomic E-state index is 13.1. The van der Waals surface area contributed by atoms with E-state index in [-0.39, 0.29) is 36.8 Å². The Hall–Kier alpha value is -3.85.